The van der Waals surface area contributed by atoms with Crippen LogP contribution in [0.5, 0.6) is 0 Å². The molecule has 0 aromatic heterocycles. The van der Waals surface area contributed by atoms with Crippen LogP contribution in [0, 0.1) is 16.7 Å². The van der Waals surface area contributed by atoms with Crippen LogP contribution in [-0.4, -0.2) is 10.6 Å². The topological polar surface area (TPSA) is 17.1 Å². The van der Waals surface area contributed by atoms with Crippen LogP contribution in [0.3, 0.4) is 0 Å². The van der Waals surface area contributed by atoms with Crippen molar-refractivity contribution in [3.8, 4) is 0 Å². The van der Waals surface area contributed by atoms with E-state index in [-0.39, 0.29) is 22.5 Å². The van der Waals surface area contributed by atoms with E-state index >= 15 is 0 Å². The number of rotatable bonds is 3. The lowest BCUT2D eigenvalue weighted by molar-refractivity contribution is -0.114. The Bertz CT molecular complexity index is 262. The molecule has 0 radical (unpaired) electrons. The van der Waals surface area contributed by atoms with Crippen LogP contribution in [-0.2, 0) is 4.79 Å². The fourth-order valence-electron chi connectivity index (χ4n) is 3.35. The van der Waals surface area contributed by atoms with Crippen LogP contribution in [0.1, 0.15) is 47.5 Å². The molecule has 0 heterocycles. The van der Waals surface area contributed by atoms with E-state index in [9.17, 15) is 4.79 Å². The van der Waals surface area contributed by atoms with Crippen LogP contribution in [0.25, 0.3) is 0 Å². The number of hydrogen-bond acceptors (Lipinski definition) is 2. The molecule has 80 valence electrons. The third kappa shape index (κ3) is 1.77. The van der Waals surface area contributed by atoms with E-state index in [0.717, 1.165) is 6.42 Å². The smallest absolute Gasteiger partial charge is 0.169 e. The molecular weight excluding hydrogens is 192 g/mol. The molecule has 0 N–H and O–H groups in total. The number of hydrogen-bond donors (Lipinski definition) is 0. The molecule has 1 aliphatic rings. The predicted octanol–water partition coefficient (Wildman–Crippen LogP) is 3.41. The largest absolute Gasteiger partial charge is 0.294 e. The van der Waals surface area contributed by atoms with E-state index in [1.807, 2.05) is 6.92 Å². The summed E-state index contributed by atoms with van der Waals surface area (Å²) in [5, 5.41) is 0. The van der Waals surface area contributed by atoms with Crippen molar-refractivity contribution in [2.24, 2.45) is 16.7 Å². The van der Waals surface area contributed by atoms with Gasteiger partial charge in [-0.25, -0.2) is 0 Å². The maximum atomic E-state index is 11.6. The molecule has 0 atom stereocenters. The van der Waals surface area contributed by atoms with Gasteiger partial charge in [-0.05, 0) is 17.3 Å². The molecule has 0 unspecified atom stereocenters. The predicted molar refractivity (Wildman–Crippen MR) is 63.6 cm³/mol. The molecule has 0 spiro atoms. The van der Waals surface area contributed by atoms with Gasteiger partial charge >= 0.3 is 0 Å². The van der Waals surface area contributed by atoms with E-state index in [1.165, 1.54) is 0 Å². The molecule has 0 aromatic carbocycles. The Labute approximate surface area is 92.3 Å². The van der Waals surface area contributed by atoms with Crippen molar-refractivity contribution in [3.05, 3.63) is 0 Å². The summed E-state index contributed by atoms with van der Waals surface area (Å²) in [6.07, 6.45) is 1.70. The number of ketones is 1. The Kier molecular flexibility index (Phi) is 2.88. The zero-order valence-electron chi connectivity index (χ0n) is 9.81. The first-order valence-electron chi connectivity index (χ1n) is 5.29. The monoisotopic (exact) mass is 212 g/mol. The maximum Gasteiger partial charge on any atom is 0.169 e. The molecule has 0 amide bonds. The molecule has 1 fully saturated rings. The molecule has 2 heteroatoms. The van der Waals surface area contributed by atoms with Gasteiger partial charge in [0.05, 0.1) is 4.86 Å². The van der Waals surface area contributed by atoms with Crippen molar-refractivity contribution in [3.63, 3.8) is 0 Å². The van der Waals surface area contributed by atoms with Gasteiger partial charge in [0, 0.05) is 12.3 Å². The Morgan fingerprint density at radius 1 is 1.29 bits per heavy atom. The second kappa shape index (κ2) is 3.41. The van der Waals surface area contributed by atoms with Crippen molar-refractivity contribution in [2.45, 2.75) is 47.5 Å². The van der Waals surface area contributed by atoms with Crippen LogP contribution < -0.4 is 0 Å². The van der Waals surface area contributed by atoms with Crippen molar-refractivity contribution >= 4 is 22.9 Å². The van der Waals surface area contributed by atoms with Gasteiger partial charge in [0.2, 0.25) is 0 Å². The first-order valence-corrected chi connectivity index (χ1v) is 5.70. The summed E-state index contributed by atoms with van der Waals surface area (Å²) < 4.78 is 0. The molecule has 0 bridgehead atoms. The van der Waals surface area contributed by atoms with E-state index in [0.29, 0.717) is 11.3 Å². The van der Waals surface area contributed by atoms with E-state index in [4.69, 9.17) is 12.2 Å². The third-order valence-electron chi connectivity index (χ3n) is 3.33. The second-order valence-corrected chi connectivity index (χ2v) is 6.17. The summed E-state index contributed by atoms with van der Waals surface area (Å²) >= 11 is 5.30. The van der Waals surface area contributed by atoms with Gasteiger partial charge in [-0.3, -0.25) is 4.79 Å². The van der Waals surface area contributed by atoms with Crippen molar-refractivity contribution in [1.82, 2.24) is 0 Å². The van der Waals surface area contributed by atoms with Crippen LogP contribution in [0.4, 0.5) is 0 Å². The molecule has 1 aliphatic carbocycles. The van der Waals surface area contributed by atoms with Gasteiger partial charge in [0.15, 0.2) is 5.78 Å². The minimum Gasteiger partial charge on any atom is -0.294 e. The number of Topliss-reactive ketones (excluding diaryl/α,β-unsaturated/α-hetero) is 1. The lowest BCUT2D eigenvalue weighted by Crippen LogP contribution is -2.55. The highest BCUT2D eigenvalue weighted by molar-refractivity contribution is 7.82. The lowest BCUT2D eigenvalue weighted by Gasteiger charge is -2.57. The van der Waals surface area contributed by atoms with E-state index < -0.39 is 0 Å². The first kappa shape index (κ1) is 11.8. The Morgan fingerprint density at radius 3 is 2.00 bits per heavy atom. The van der Waals surface area contributed by atoms with Crippen LogP contribution in [0.2, 0.25) is 0 Å². The van der Waals surface area contributed by atoms with Crippen molar-refractivity contribution in [1.29, 1.82) is 0 Å². The van der Waals surface area contributed by atoms with Crippen LogP contribution in [0.15, 0.2) is 0 Å². The molecule has 1 nitrogen and oxygen atoms in total. The zero-order valence-corrected chi connectivity index (χ0v) is 10.6. The highest BCUT2D eigenvalue weighted by Crippen LogP contribution is 2.59. The summed E-state index contributed by atoms with van der Waals surface area (Å²) in [6.45, 7) is 10.7. The van der Waals surface area contributed by atoms with Crippen molar-refractivity contribution < 1.29 is 4.79 Å². The van der Waals surface area contributed by atoms with Gasteiger partial charge in [-0.2, -0.15) is 0 Å². The Morgan fingerprint density at radius 2 is 1.71 bits per heavy atom. The molecule has 0 aromatic rings. The Hall–Kier alpha value is -0.240. The molecule has 1 saturated carbocycles. The maximum absolute atomic E-state index is 11.6. The van der Waals surface area contributed by atoms with Crippen molar-refractivity contribution in [2.75, 3.05) is 0 Å². The van der Waals surface area contributed by atoms with Gasteiger partial charge < -0.3 is 0 Å². The lowest BCUT2D eigenvalue weighted by atomic mass is 9.47. The quantitative estimate of drug-likeness (QED) is 0.667. The zero-order chi connectivity index (χ0) is 11.1. The average Bonchev–Trinajstić information content (AvgIpc) is 1.98. The summed E-state index contributed by atoms with van der Waals surface area (Å²) in [6, 6.07) is 0. The third-order valence-corrected chi connectivity index (χ3v) is 3.80. The number of carbonyl (C=O) groups is 1. The number of carbonyl (C=O) groups excluding carboxylic acids is 1. The summed E-state index contributed by atoms with van der Waals surface area (Å²) in [5.41, 5.74) is 0.427. The van der Waals surface area contributed by atoms with Gasteiger partial charge in [-0.1, -0.05) is 46.8 Å². The minimum absolute atomic E-state index is 0.158. The summed E-state index contributed by atoms with van der Waals surface area (Å²) in [4.78, 5) is 12.3. The second-order valence-electron chi connectivity index (χ2n) is 5.73. The SMILES string of the molecule is CCC(=O)C(=S)C1C(C)(C)CC1(C)C. The molecule has 0 saturated heterocycles. The fraction of sp³-hybridized carbons (Fsp3) is 0.833. The molecule has 14 heavy (non-hydrogen) atoms. The van der Waals surface area contributed by atoms with Gasteiger partial charge in [-0.15, -0.1) is 0 Å². The van der Waals surface area contributed by atoms with Crippen LogP contribution >= 0.6 is 12.2 Å². The summed E-state index contributed by atoms with van der Waals surface area (Å²) in [5.74, 6) is 0.448. The van der Waals surface area contributed by atoms with Gasteiger partial charge in [0.25, 0.3) is 0 Å². The minimum atomic E-state index is 0.158. The highest BCUT2D eigenvalue weighted by atomic mass is 32.1. The van der Waals surface area contributed by atoms with E-state index in [1.54, 1.807) is 0 Å². The number of thiocarbonyl (C=S) groups is 1. The standard InChI is InChI=1S/C12H20OS/c1-6-8(13)9(14)10-11(2,3)7-12(10,4)5/h10H,6-7H2,1-5H3. The van der Waals surface area contributed by atoms with E-state index in [2.05, 4.69) is 27.7 Å². The Balaban J connectivity index is 2.86. The highest BCUT2D eigenvalue weighted by Gasteiger charge is 2.55. The molecular formula is C12H20OS. The first-order chi connectivity index (χ1) is 6.22. The summed E-state index contributed by atoms with van der Waals surface area (Å²) in [7, 11) is 0. The fourth-order valence-corrected chi connectivity index (χ4v) is 4.13. The normalized spacial score (nSPS) is 24.1. The average molecular weight is 212 g/mol. The van der Waals surface area contributed by atoms with Gasteiger partial charge in [0.1, 0.15) is 0 Å². The molecule has 0 aliphatic heterocycles. The molecule has 1 rings (SSSR count).